The predicted molar refractivity (Wildman–Crippen MR) is 112 cm³/mol. The fraction of sp³-hybridized carbons (Fsp3) is 0.0833. The minimum atomic E-state index is 1.04. The van der Waals surface area contributed by atoms with Crippen LogP contribution in [0.25, 0.3) is 33.0 Å². The maximum Gasteiger partial charge on any atom is 0.139 e. The van der Waals surface area contributed by atoms with Gasteiger partial charge in [-0.3, -0.25) is 0 Å². The van der Waals surface area contributed by atoms with Crippen molar-refractivity contribution in [3.63, 3.8) is 0 Å². The lowest BCUT2D eigenvalue weighted by Crippen LogP contribution is -2.03. The van der Waals surface area contributed by atoms with Gasteiger partial charge in [0, 0.05) is 0 Å². The summed E-state index contributed by atoms with van der Waals surface area (Å²) in [6.45, 7) is 2.23. The van der Waals surface area contributed by atoms with E-state index in [9.17, 15) is 0 Å². The Labute approximate surface area is 150 Å². The van der Waals surface area contributed by atoms with Crippen LogP contribution >= 0.6 is 0 Å². The van der Waals surface area contributed by atoms with Crippen molar-refractivity contribution in [3.05, 3.63) is 90.5 Å². The number of hydrogen-bond donors (Lipinski definition) is 0. The molecule has 0 bridgehead atoms. The Morgan fingerprint density at radius 1 is 0.640 bits per heavy atom. The van der Waals surface area contributed by atoms with Crippen molar-refractivity contribution >= 4 is 24.1 Å². The molecule has 0 heterocycles. The highest BCUT2D eigenvalue weighted by Crippen LogP contribution is 2.35. The van der Waals surface area contributed by atoms with E-state index in [1.165, 1.54) is 44.1 Å². The van der Waals surface area contributed by atoms with Gasteiger partial charge in [0.25, 0.3) is 0 Å². The second kappa shape index (κ2) is 6.60. The largest absolute Gasteiger partial charge is 0.139 e. The first kappa shape index (κ1) is 15.7. The van der Waals surface area contributed by atoms with Crippen molar-refractivity contribution < 1.29 is 0 Å². The molecule has 0 saturated carbocycles. The lowest BCUT2D eigenvalue weighted by atomic mass is 9.84. The molecule has 0 atom stereocenters. The second-order valence-corrected chi connectivity index (χ2v) is 6.64. The Bertz CT molecular complexity index is 1020. The maximum atomic E-state index is 2.36. The predicted octanol–water partition coefficient (Wildman–Crippen LogP) is 4.99. The third-order valence-corrected chi connectivity index (χ3v) is 4.85. The molecule has 0 N–H and O–H groups in total. The molecule has 25 heavy (non-hydrogen) atoms. The van der Waals surface area contributed by atoms with Gasteiger partial charge in [-0.2, -0.15) is 0 Å². The Kier molecular flexibility index (Phi) is 4.15. The molecule has 0 aliphatic rings. The zero-order chi connectivity index (χ0) is 17.2. The van der Waals surface area contributed by atoms with Crippen molar-refractivity contribution in [1.82, 2.24) is 0 Å². The van der Waals surface area contributed by atoms with E-state index in [-0.39, 0.29) is 0 Å². The van der Waals surface area contributed by atoms with Crippen LogP contribution in [0.3, 0.4) is 0 Å². The van der Waals surface area contributed by atoms with Crippen LogP contribution in [0.1, 0.15) is 12.5 Å². The summed E-state index contributed by atoms with van der Waals surface area (Å²) in [6, 6.07) is 30.8. The van der Waals surface area contributed by atoms with E-state index in [0.29, 0.717) is 0 Å². The molecule has 4 aromatic carbocycles. The molecular formula is C24H21B. The van der Waals surface area contributed by atoms with Gasteiger partial charge in [-0.15, -0.1) is 0 Å². The van der Waals surface area contributed by atoms with E-state index >= 15 is 0 Å². The highest BCUT2D eigenvalue weighted by Gasteiger charge is 2.11. The van der Waals surface area contributed by atoms with Crippen LogP contribution in [0, 0.1) is 0 Å². The molecule has 0 amide bonds. The molecule has 0 radical (unpaired) electrons. The SMILES string of the molecule is Bc1cc(-c2ccccc2)c2cc(CC)cc(-c3ccccc3)c2c1. The molecule has 0 spiro atoms. The third kappa shape index (κ3) is 2.98. The van der Waals surface area contributed by atoms with Crippen molar-refractivity contribution in [3.8, 4) is 22.3 Å². The summed E-state index contributed by atoms with van der Waals surface area (Å²) in [7, 11) is 2.19. The maximum absolute atomic E-state index is 2.36. The Balaban J connectivity index is 2.09. The number of benzene rings is 4. The molecule has 0 aliphatic heterocycles. The van der Waals surface area contributed by atoms with E-state index < -0.39 is 0 Å². The van der Waals surface area contributed by atoms with Gasteiger partial charge in [0.15, 0.2) is 0 Å². The average Bonchev–Trinajstić information content (AvgIpc) is 2.68. The van der Waals surface area contributed by atoms with E-state index in [4.69, 9.17) is 0 Å². The monoisotopic (exact) mass is 320 g/mol. The topological polar surface area (TPSA) is 0 Å². The molecule has 0 saturated heterocycles. The van der Waals surface area contributed by atoms with Gasteiger partial charge in [-0.05, 0) is 45.0 Å². The summed E-state index contributed by atoms with van der Waals surface area (Å²) < 4.78 is 0. The molecule has 0 fully saturated rings. The summed E-state index contributed by atoms with van der Waals surface area (Å²) in [5, 5.41) is 2.68. The van der Waals surface area contributed by atoms with E-state index in [0.717, 1.165) is 6.42 Å². The third-order valence-electron chi connectivity index (χ3n) is 4.85. The fourth-order valence-corrected chi connectivity index (χ4v) is 3.58. The molecule has 0 aliphatic carbocycles. The van der Waals surface area contributed by atoms with Gasteiger partial charge >= 0.3 is 0 Å². The Morgan fingerprint density at radius 3 is 1.72 bits per heavy atom. The minimum absolute atomic E-state index is 1.04. The molecule has 4 rings (SSSR count). The van der Waals surface area contributed by atoms with Gasteiger partial charge in [0.2, 0.25) is 0 Å². The smallest absolute Gasteiger partial charge is 0.0877 e. The molecule has 0 aromatic heterocycles. The first-order valence-corrected chi connectivity index (χ1v) is 8.94. The molecule has 0 nitrogen and oxygen atoms in total. The van der Waals surface area contributed by atoms with Crippen molar-refractivity contribution in [1.29, 1.82) is 0 Å². The van der Waals surface area contributed by atoms with E-state index in [1.807, 2.05) is 0 Å². The first-order chi connectivity index (χ1) is 12.3. The van der Waals surface area contributed by atoms with Crippen molar-refractivity contribution in [2.45, 2.75) is 13.3 Å². The van der Waals surface area contributed by atoms with Crippen LogP contribution in [0.5, 0.6) is 0 Å². The molecule has 1 heteroatoms. The summed E-state index contributed by atoms with van der Waals surface area (Å²) >= 11 is 0. The van der Waals surface area contributed by atoms with Crippen molar-refractivity contribution in [2.75, 3.05) is 0 Å². The zero-order valence-electron chi connectivity index (χ0n) is 14.8. The lowest BCUT2D eigenvalue weighted by molar-refractivity contribution is 1.15. The number of fused-ring (bicyclic) bond motifs is 1. The standard InChI is InChI=1S/C24H21B/c1-2-17-13-21(18-9-5-3-6-10-18)24-16-20(25)15-22(23(24)14-17)19-11-7-4-8-12-19/h3-16H,2,25H2,1H3. The minimum Gasteiger partial charge on any atom is -0.0877 e. The van der Waals surface area contributed by atoms with Gasteiger partial charge in [0.05, 0.1) is 0 Å². The summed E-state index contributed by atoms with van der Waals surface area (Å²) in [5.41, 5.74) is 7.90. The second-order valence-electron chi connectivity index (χ2n) is 6.64. The van der Waals surface area contributed by atoms with E-state index in [1.54, 1.807) is 0 Å². The summed E-state index contributed by atoms with van der Waals surface area (Å²) in [4.78, 5) is 0. The van der Waals surface area contributed by atoms with Crippen LogP contribution in [-0.2, 0) is 6.42 Å². The van der Waals surface area contributed by atoms with Crippen molar-refractivity contribution in [2.24, 2.45) is 0 Å². The fourth-order valence-electron chi connectivity index (χ4n) is 3.58. The Hall–Kier alpha value is -2.80. The number of hydrogen-bond acceptors (Lipinski definition) is 0. The van der Waals surface area contributed by atoms with Gasteiger partial charge in [0.1, 0.15) is 7.85 Å². The average molecular weight is 320 g/mol. The number of aryl methyl sites for hydroxylation is 1. The van der Waals surface area contributed by atoms with Gasteiger partial charge in [-0.1, -0.05) is 97.3 Å². The van der Waals surface area contributed by atoms with Crippen LogP contribution in [0.15, 0.2) is 84.9 Å². The first-order valence-electron chi connectivity index (χ1n) is 8.94. The Morgan fingerprint density at radius 2 is 1.16 bits per heavy atom. The lowest BCUT2D eigenvalue weighted by Gasteiger charge is -2.15. The van der Waals surface area contributed by atoms with Gasteiger partial charge in [-0.25, -0.2) is 0 Å². The number of rotatable bonds is 3. The summed E-state index contributed by atoms with van der Waals surface area (Å²) in [5.74, 6) is 0. The summed E-state index contributed by atoms with van der Waals surface area (Å²) in [6.07, 6.45) is 1.04. The van der Waals surface area contributed by atoms with E-state index in [2.05, 4.69) is 99.7 Å². The van der Waals surface area contributed by atoms with Crippen LogP contribution < -0.4 is 5.46 Å². The normalized spacial score (nSPS) is 10.9. The molecule has 0 unspecified atom stereocenters. The zero-order valence-corrected chi connectivity index (χ0v) is 14.8. The molecular weight excluding hydrogens is 299 g/mol. The van der Waals surface area contributed by atoms with Crippen LogP contribution in [0.2, 0.25) is 0 Å². The van der Waals surface area contributed by atoms with Crippen LogP contribution in [0.4, 0.5) is 0 Å². The van der Waals surface area contributed by atoms with Gasteiger partial charge < -0.3 is 0 Å². The molecule has 120 valence electrons. The van der Waals surface area contributed by atoms with Crippen LogP contribution in [-0.4, -0.2) is 7.85 Å². The highest BCUT2D eigenvalue weighted by atomic mass is 14.1. The quantitative estimate of drug-likeness (QED) is 0.466. The highest BCUT2D eigenvalue weighted by molar-refractivity contribution is 6.34. The molecule has 4 aromatic rings.